The first-order valence-electron chi connectivity index (χ1n) is 9.74. The Labute approximate surface area is 151 Å². The van der Waals surface area contributed by atoms with Gasteiger partial charge in [0, 0.05) is 37.3 Å². The van der Waals surface area contributed by atoms with Crippen molar-refractivity contribution in [3.8, 4) is 0 Å². The number of nitrogens with zero attached hydrogens (tertiary/aromatic N) is 2. The van der Waals surface area contributed by atoms with E-state index in [0.29, 0.717) is 19.6 Å². The van der Waals surface area contributed by atoms with Gasteiger partial charge in [-0.25, -0.2) is 0 Å². The first-order chi connectivity index (χ1) is 12.5. The van der Waals surface area contributed by atoms with Gasteiger partial charge < -0.3 is 14.6 Å². The summed E-state index contributed by atoms with van der Waals surface area (Å²) in [5.74, 6) is -0.716. The Hall–Kier alpha value is -2.11. The average molecular weight is 356 g/mol. The second kappa shape index (κ2) is 5.69. The zero-order chi connectivity index (χ0) is 18.0. The molecule has 4 aliphatic rings. The van der Waals surface area contributed by atoms with Gasteiger partial charge in [0.15, 0.2) is 0 Å². The summed E-state index contributed by atoms with van der Waals surface area (Å²) in [7, 11) is 0. The zero-order valence-electron chi connectivity index (χ0n) is 14.7. The van der Waals surface area contributed by atoms with E-state index in [9.17, 15) is 19.5 Å². The maximum Gasteiger partial charge on any atom is 0.307 e. The molecule has 3 fully saturated rings. The minimum atomic E-state index is -0.801. The van der Waals surface area contributed by atoms with Crippen LogP contribution in [0.5, 0.6) is 0 Å². The molecule has 5 rings (SSSR count). The van der Waals surface area contributed by atoms with Gasteiger partial charge in [0.05, 0.1) is 11.8 Å². The van der Waals surface area contributed by atoms with Gasteiger partial charge in [-0.15, -0.1) is 0 Å². The molecule has 1 aromatic heterocycles. The van der Waals surface area contributed by atoms with Crippen LogP contribution >= 0.6 is 0 Å². The molecule has 26 heavy (non-hydrogen) atoms. The lowest BCUT2D eigenvalue weighted by molar-refractivity contribution is -0.154. The first kappa shape index (κ1) is 16.1. The summed E-state index contributed by atoms with van der Waals surface area (Å²) in [6.07, 6.45) is 3.84. The Bertz CT molecular complexity index is 831. The van der Waals surface area contributed by atoms with Crippen LogP contribution in [-0.2, 0) is 16.1 Å². The Kier molecular flexibility index (Phi) is 3.52. The van der Waals surface area contributed by atoms with Crippen molar-refractivity contribution in [1.29, 1.82) is 0 Å². The normalized spacial score (nSPS) is 37.5. The van der Waals surface area contributed by atoms with E-state index in [0.717, 1.165) is 31.4 Å². The third-order valence-corrected chi connectivity index (χ3v) is 7.28. The number of fused-ring (bicyclic) bond motifs is 6. The Morgan fingerprint density at radius 3 is 2.54 bits per heavy atom. The molecule has 3 heterocycles. The number of piperidine rings is 1. The van der Waals surface area contributed by atoms with Crippen LogP contribution in [0.1, 0.15) is 37.3 Å². The van der Waals surface area contributed by atoms with Crippen molar-refractivity contribution in [3.63, 3.8) is 0 Å². The fourth-order valence-electron chi connectivity index (χ4n) is 6.29. The molecule has 1 amide bonds. The predicted molar refractivity (Wildman–Crippen MR) is 93.6 cm³/mol. The third kappa shape index (κ3) is 2.27. The number of carboxylic acid groups (broad SMARTS) is 1. The summed E-state index contributed by atoms with van der Waals surface area (Å²) in [4.78, 5) is 39.1. The van der Waals surface area contributed by atoms with Crippen molar-refractivity contribution < 1.29 is 14.7 Å². The van der Waals surface area contributed by atoms with E-state index >= 15 is 0 Å². The molecule has 2 aliphatic heterocycles. The van der Waals surface area contributed by atoms with Crippen molar-refractivity contribution in [1.82, 2.24) is 9.47 Å². The summed E-state index contributed by atoms with van der Waals surface area (Å²) in [5.41, 5.74) is 1.06. The Balaban J connectivity index is 1.41. The topological polar surface area (TPSA) is 79.6 Å². The number of aromatic nitrogens is 1. The van der Waals surface area contributed by atoms with Crippen LogP contribution in [-0.4, -0.2) is 39.5 Å². The average Bonchev–Trinajstić information content (AvgIpc) is 3.23. The van der Waals surface area contributed by atoms with Crippen LogP contribution in [0.3, 0.4) is 0 Å². The van der Waals surface area contributed by atoms with Gasteiger partial charge in [0.25, 0.3) is 5.56 Å². The van der Waals surface area contributed by atoms with Gasteiger partial charge in [-0.3, -0.25) is 14.4 Å². The number of amides is 1. The number of carbonyl (C=O) groups excluding carboxylic acids is 1. The third-order valence-electron chi connectivity index (χ3n) is 7.28. The van der Waals surface area contributed by atoms with Crippen molar-refractivity contribution in [3.05, 3.63) is 34.2 Å². The lowest BCUT2D eigenvalue weighted by Crippen LogP contribution is -2.52. The number of pyridine rings is 1. The van der Waals surface area contributed by atoms with Gasteiger partial charge in [-0.1, -0.05) is 6.07 Å². The molecule has 1 N–H and O–H groups in total. The van der Waals surface area contributed by atoms with Crippen LogP contribution in [0.4, 0.5) is 0 Å². The van der Waals surface area contributed by atoms with Crippen LogP contribution in [0.15, 0.2) is 23.0 Å². The highest BCUT2D eigenvalue weighted by Crippen LogP contribution is 2.53. The number of rotatable bonds is 2. The maximum absolute atomic E-state index is 13.3. The quantitative estimate of drug-likeness (QED) is 0.872. The molecular formula is C20H24N2O4. The highest BCUT2D eigenvalue weighted by atomic mass is 16.4. The summed E-state index contributed by atoms with van der Waals surface area (Å²) >= 11 is 0. The summed E-state index contributed by atoms with van der Waals surface area (Å²) < 4.78 is 1.86. The Morgan fingerprint density at radius 2 is 1.77 bits per heavy atom. The summed E-state index contributed by atoms with van der Waals surface area (Å²) in [5, 5.41) is 9.67. The molecule has 0 aromatic carbocycles. The largest absolute Gasteiger partial charge is 0.481 e. The standard InChI is InChI=1S/C20H24N2O4/c23-16-3-1-2-15-14-6-11(9-22(15)16)8-21(10-14)19(24)17-12-4-5-13(7-12)18(17)20(25)26/h1-3,11-14,17-18H,4-10H2,(H,25,26)/t11-,12-,13+,14+,17-,18+/m1/s1. The van der Waals surface area contributed by atoms with Crippen molar-refractivity contribution >= 4 is 11.9 Å². The zero-order valence-corrected chi connectivity index (χ0v) is 14.7. The molecule has 2 aliphatic carbocycles. The number of carboxylic acids is 1. The minimum absolute atomic E-state index is 0.0380. The van der Waals surface area contributed by atoms with E-state index < -0.39 is 11.9 Å². The van der Waals surface area contributed by atoms with E-state index in [-0.39, 0.29) is 41.1 Å². The van der Waals surface area contributed by atoms with Gasteiger partial charge in [-0.2, -0.15) is 0 Å². The number of likely N-dealkylation sites (tertiary alicyclic amines) is 1. The van der Waals surface area contributed by atoms with Crippen molar-refractivity contribution in [2.24, 2.45) is 29.6 Å². The van der Waals surface area contributed by atoms with Crippen molar-refractivity contribution in [2.45, 2.75) is 38.1 Å². The smallest absolute Gasteiger partial charge is 0.307 e. The van der Waals surface area contributed by atoms with Gasteiger partial charge in [0.1, 0.15) is 0 Å². The number of hydrogen-bond donors (Lipinski definition) is 1. The lowest BCUT2D eigenvalue weighted by Gasteiger charge is -2.44. The molecule has 6 heteroatoms. The van der Waals surface area contributed by atoms with Gasteiger partial charge in [0.2, 0.25) is 5.91 Å². The SMILES string of the molecule is O=C(O)[C@H]1[C@H]2CC[C@H](C2)[C@H]1C(=O)N1C[C@H]2C[C@@H](C1)c1cccc(=O)n1C2. The molecule has 6 atom stereocenters. The fraction of sp³-hybridized carbons (Fsp3) is 0.650. The van der Waals surface area contributed by atoms with Crippen LogP contribution in [0.25, 0.3) is 0 Å². The molecule has 0 radical (unpaired) electrons. The Morgan fingerprint density at radius 1 is 1.00 bits per heavy atom. The molecule has 0 unspecified atom stereocenters. The van der Waals surface area contributed by atoms with E-state index in [2.05, 4.69) is 0 Å². The molecule has 4 bridgehead atoms. The number of hydrogen-bond acceptors (Lipinski definition) is 3. The molecule has 1 aromatic rings. The van der Waals surface area contributed by atoms with E-state index in [1.54, 1.807) is 12.1 Å². The van der Waals surface area contributed by atoms with Gasteiger partial charge >= 0.3 is 5.97 Å². The van der Waals surface area contributed by atoms with Crippen molar-refractivity contribution in [2.75, 3.05) is 13.1 Å². The fourth-order valence-corrected chi connectivity index (χ4v) is 6.29. The predicted octanol–water partition coefficient (Wildman–Crippen LogP) is 1.54. The van der Waals surface area contributed by atoms with E-state index in [1.165, 1.54) is 0 Å². The molecule has 0 spiro atoms. The summed E-state index contributed by atoms with van der Waals surface area (Å²) in [6.45, 7) is 1.92. The van der Waals surface area contributed by atoms with Gasteiger partial charge in [-0.05, 0) is 49.5 Å². The molecule has 1 saturated heterocycles. The first-order valence-corrected chi connectivity index (χ1v) is 9.74. The lowest BCUT2D eigenvalue weighted by atomic mass is 9.77. The highest BCUT2D eigenvalue weighted by molar-refractivity contribution is 5.86. The second-order valence-electron chi connectivity index (χ2n) is 8.66. The van der Waals surface area contributed by atoms with E-state index in [1.807, 2.05) is 15.5 Å². The molecular weight excluding hydrogens is 332 g/mol. The monoisotopic (exact) mass is 356 g/mol. The minimum Gasteiger partial charge on any atom is -0.481 e. The molecule has 6 nitrogen and oxygen atoms in total. The highest BCUT2D eigenvalue weighted by Gasteiger charge is 2.55. The van der Waals surface area contributed by atoms with Crippen LogP contribution in [0, 0.1) is 29.6 Å². The van der Waals surface area contributed by atoms with Crippen LogP contribution in [0.2, 0.25) is 0 Å². The summed E-state index contributed by atoms with van der Waals surface area (Å²) in [6, 6.07) is 5.39. The van der Waals surface area contributed by atoms with Crippen LogP contribution < -0.4 is 5.56 Å². The second-order valence-corrected chi connectivity index (χ2v) is 8.66. The molecule has 138 valence electrons. The maximum atomic E-state index is 13.3. The van der Waals surface area contributed by atoms with E-state index in [4.69, 9.17) is 0 Å². The number of aliphatic carboxylic acids is 1. The number of carbonyl (C=O) groups is 2. The molecule has 2 saturated carbocycles.